The third-order valence-electron chi connectivity index (χ3n) is 2.46. The molecule has 1 aromatic carbocycles. The summed E-state index contributed by atoms with van der Waals surface area (Å²) in [4.78, 5) is 12.8. The maximum absolute atomic E-state index is 13.4. The number of benzene rings is 1. The van der Waals surface area contributed by atoms with Gasteiger partial charge in [0.05, 0.1) is 12.2 Å². The molecule has 0 aliphatic carbocycles. The van der Waals surface area contributed by atoms with Gasteiger partial charge in [0.1, 0.15) is 0 Å². The minimum absolute atomic E-state index is 0.112. The lowest BCUT2D eigenvalue weighted by Gasteiger charge is -2.28. The topological polar surface area (TPSA) is 32.3 Å². The number of hydrogen-bond acceptors (Lipinski definition) is 1. The zero-order valence-electron chi connectivity index (χ0n) is 8.18. The molecule has 2 amide bonds. The van der Waals surface area contributed by atoms with Crippen molar-refractivity contribution in [2.45, 2.75) is 13.5 Å². The average molecular weight is 212 g/mol. The highest BCUT2D eigenvalue weighted by Gasteiger charge is 2.25. The summed E-state index contributed by atoms with van der Waals surface area (Å²) in [7, 11) is 0. The Kier molecular flexibility index (Phi) is 2.30. The Morgan fingerprint density at radius 1 is 1.47 bits per heavy atom. The first-order chi connectivity index (χ1) is 7.13. The van der Waals surface area contributed by atoms with Crippen molar-refractivity contribution in [1.29, 1.82) is 0 Å². The minimum atomic E-state index is -0.888. The summed E-state index contributed by atoms with van der Waals surface area (Å²) in [5.41, 5.74) is 0.556. The summed E-state index contributed by atoms with van der Waals surface area (Å²) >= 11 is 0. The van der Waals surface area contributed by atoms with Gasteiger partial charge in [-0.3, -0.25) is 0 Å². The zero-order chi connectivity index (χ0) is 11.0. The van der Waals surface area contributed by atoms with Gasteiger partial charge in [-0.15, -0.1) is 0 Å². The van der Waals surface area contributed by atoms with Gasteiger partial charge in [0.25, 0.3) is 0 Å². The summed E-state index contributed by atoms with van der Waals surface area (Å²) in [5, 5.41) is 2.51. The molecule has 0 aromatic heterocycles. The fourth-order valence-corrected chi connectivity index (χ4v) is 1.58. The Morgan fingerprint density at radius 2 is 2.20 bits per heavy atom. The summed E-state index contributed by atoms with van der Waals surface area (Å²) in [5.74, 6) is -1.77. The molecule has 1 aliphatic heterocycles. The lowest BCUT2D eigenvalue weighted by molar-refractivity contribution is 0.208. The number of amides is 2. The second-order valence-electron chi connectivity index (χ2n) is 3.33. The maximum Gasteiger partial charge on any atom is 0.322 e. The van der Waals surface area contributed by atoms with Crippen LogP contribution in [0.2, 0.25) is 0 Å². The van der Waals surface area contributed by atoms with Gasteiger partial charge in [-0.25, -0.2) is 13.6 Å². The molecule has 0 unspecified atom stereocenters. The van der Waals surface area contributed by atoms with Crippen LogP contribution in [-0.4, -0.2) is 17.5 Å². The molecule has 0 fully saturated rings. The summed E-state index contributed by atoms with van der Waals surface area (Å²) in [6.07, 6.45) is 0. The third kappa shape index (κ3) is 1.54. The minimum Gasteiger partial charge on any atom is -0.320 e. The van der Waals surface area contributed by atoms with E-state index in [2.05, 4.69) is 5.32 Å². The molecular weight excluding hydrogens is 202 g/mol. The van der Waals surface area contributed by atoms with Crippen molar-refractivity contribution in [2.24, 2.45) is 0 Å². The van der Waals surface area contributed by atoms with Crippen LogP contribution in [0.15, 0.2) is 12.1 Å². The van der Waals surface area contributed by atoms with E-state index in [4.69, 9.17) is 0 Å². The summed E-state index contributed by atoms with van der Waals surface area (Å²) in [6, 6.07) is 2.10. The fraction of sp³-hybridized carbons (Fsp3) is 0.300. The molecule has 0 saturated carbocycles. The van der Waals surface area contributed by atoms with Gasteiger partial charge in [0.15, 0.2) is 11.6 Å². The highest BCUT2D eigenvalue weighted by atomic mass is 19.2. The van der Waals surface area contributed by atoms with E-state index in [0.29, 0.717) is 12.2 Å². The lowest BCUT2D eigenvalue weighted by Crippen LogP contribution is -2.38. The standard InChI is InChI=1S/C10H10F2N2O/c1-2-14-5-6-8(13-10(14)15)4-3-7(11)9(6)12/h3-4H,2,5H2,1H3,(H,13,15). The number of carbonyl (C=O) groups is 1. The SMILES string of the molecule is CCN1Cc2c(ccc(F)c2F)NC1=O. The lowest BCUT2D eigenvalue weighted by atomic mass is 10.1. The monoisotopic (exact) mass is 212 g/mol. The van der Waals surface area contributed by atoms with Crippen molar-refractivity contribution in [3.63, 3.8) is 0 Å². The quantitative estimate of drug-likeness (QED) is 0.761. The van der Waals surface area contributed by atoms with Gasteiger partial charge < -0.3 is 10.2 Å². The normalized spacial score (nSPS) is 14.9. The number of fused-ring (bicyclic) bond motifs is 1. The highest BCUT2D eigenvalue weighted by Crippen LogP contribution is 2.26. The number of urea groups is 1. The molecule has 5 heteroatoms. The van der Waals surface area contributed by atoms with Crippen LogP contribution in [0, 0.1) is 11.6 Å². The van der Waals surface area contributed by atoms with Gasteiger partial charge in [0, 0.05) is 12.1 Å². The molecule has 80 valence electrons. The molecular formula is C10H10F2N2O. The highest BCUT2D eigenvalue weighted by molar-refractivity contribution is 5.92. The van der Waals surface area contributed by atoms with E-state index >= 15 is 0 Å². The third-order valence-corrected chi connectivity index (χ3v) is 2.46. The van der Waals surface area contributed by atoms with Crippen LogP contribution in [0.25, 0.3) is 0 Å². The predicted molar refractivity (Wildman–Crippen MR) is 51.5 cm³/mol. The summed E-state index contributed by atoms with van der Waals surface area (Å²) in [6.45, 7) is 2.35. The van der Waals surface area contributed by atoms with Gasteiger partial charge in [-0.2, -0.15) is 0 Å². The molecule has 3 nitrogen and oxygen atoms in total. The van der Waals surface area contributed by atoms with Crippen molar-refractivity contribution < 1.29 is 13.6 Å². The second-order valence-corrected chi connectivity index (χ2v) is 3.33. The zero-order valence-corrected chi connectivity index (χ0v) is 8.18. The molecule has 2 rings (SSSR count). The second kappa shape index (κ2) is 3.49. The van der Waals surface area contributed by atoms with Crippen molar-refractivity contribution >= 4 is 11.7 Å². The van der Waals surface area contributed by atoms with Gasteiger partial charge in [0.2, 0.25) is 0 Å². The molecule has 1 aromatic rings. The molecule has 0 saturated heterocycles. The van der Waals surface area contributed by atoms with Gasteiger partial charge in [-0.05, 0) is 19.1 Å². The first kappa shape index (κ1) is 9.89. The van der Waals surface area contributed by atoms with Crippen LogP contribution in [0.3, 0.4) is 0 Å². The van der Waals surface area contributed by atoms with Crippen LogP contribution in [0.4, 0.5) is 19.3 Å². The molecule has 0 bridgehead atoms. The molecule has 0 spiro atoms. The fourth-order valence-electron chi connectivity index (χ4n) is 1.58. The Labute approximate surface area is 85.7 Å². The van der Waals surface area contributed by atoms with E-state index in [1.165, 1.54) is 11.0 Å². The summed E-state index contributed by atoms with van der Waals surface area (Å²) < 4.78 is 26.3. The Bertz CT molecular complexity index is 420. The van der Waals surface area contributed by atoms with Crippen molar-refractivity contribution in [3.8, 4) is 0 Å². The molecule has 0 radical (unpaired) electrons. The van der Waals surface area contributed by atoms with E-state index in [-0.39, 0.29) is 18.1 Å². The Morgan fingerprint density at radius 3 is 2.87 bits per heavy atom. The smallest absolute Gasteiger partial charge is 0.320 e. The molecule has 15 heavy (non-hydrogen) atoms. The Hall–Kier alpha value is -1.65. The number of rotatable bonds is 1. The number of nitrogens with zero attached hydrogens (tertiary/aromatic N) is 1. The van der Waals surface area contributed by atoms with E-state index in [1.54, 1.807) is 6.92 Å². The van der Waals surface area contributed by atoms with Crippen LogP contribution in [0.1, 0.15) is 12.5 Å². The van der Waals surface area contributed by atoms with Gasteiger partial charge in [-0.1, -0.05) is 0 Å². The van der Waals surface area contributed by atoms with E-state index in [1.807, 2.05) is 0 Å². The van der Waals surface area contributed by atoms with Crippen molar-refractivity contribution in [1.82, 2.24) is 4.90 Å². The van der Waals surface area contributed by atoms with Crippen LogP contribution in [-0.2, 0) is 6.54 Å². The number of hydrogen-bond donors (Lipinski definition) is 1. The number of nitrogens with one attached hydrogen (secondary N) is 1. The first-order valence-corrected chi connectivity index (χ1v) is 4.66. The predicted octanol–water partition coefficient (Wildman–Crippen LogP) is 2.33. The van der Waals surface area contributed by atoms with Crippen LogP contribution >= 0.6 is 0 Å². The number of anilines is 1. The van der Waals surface area contributed by atoms with Crippen LogP contribution in [0.5, 0.6) is 0 Å². The van der Waals surface area contributed by atoms with E-state index in [9.17, 15) is 13.6 Å². The number of carbonyl (C=O) groups excluding carboxylic acids is 1. The largest absolute Gasteiger partial charge is 0.322 e. The average Bonchev–Trinajstić information content (AvgIpc) is 2.23. The molecule has 1 heterocycles. The van der Waals surface area contributed by atoms with Crippen molar-refractivity contribution in [2.75, 3.05) is 11.9 Å². The van der Waals surface area contributed by atoms with Crippen molar-refractivity contribution in [3.05, 3.63) is 29.3 Å². The molecule has 1 N–H and O–H groups in total. The number of halogens is 2. The van der Waals surface area contributed by atoms with E-state index in [0.717, 1.165) is 6.07 Å². The maximum atomic E-state index is 13.4. The first-order valence-electron chi connectivity index (χ1n) is 4.66. The van der Waals surface area contributed by atoms with Gasteiger partial charge >= 0.3 is 6.03 Å². The molecule has 0 atom stereocenters. The van der Waals surface area contributed by atoms with Crippen LogP contribution < -0.4 is 5.32 Å². The Balaban J connectivity index is 2.46. The molecule has 1 aliphatic rings. The van der Waals surface area contributed by atoms with E-state index < -0.39 is 11.6 Å².